The molecule has 1 aliphatic heterocycles. The van der Waals surface area contributed by atoms with E-state index in [1.54, 1.807) is 12.1 Å². The van der Waals surface area contributed by atoms with Gasteiger partial charge in [0.05, 0.1) is 11.4 Å². The molecule has 0 radical (unpaired) electrons. The first-order chi connectivity index (χ1) is 13.8. The van der Waals surface area contributed by atoms with E-state index in [0.29, 0.717) is 23.4 Å². The van der Waals surface area contributed by atoms with Crippen molar-refractivity contribution in [3.05, 3.63) is 29.8 Å². The van der Waals surface area contributed by atoms with E-state index in [-0.39, 0.29) is 0 Å². The van der Waals surface area contributed by atoms with Gasteiger partial charge >= 0.3 is 0 Å². The van der Waals surface area contributed by atoms with Crippen LogP contribution in [0, 0.1) is 5.92 Å². The molecule has 0 aliphatic carbocycles. The van der Waals surface area contributed by atoms with Crippen LogP contribution in [0.1, 0.15) is 52.0 Å². The average Bonchev–Trinajstić information content (AvgIpc) is 2.95. The van der Waals surface area contributed by atoms with Crippen molar-refractivity contribution in [3.8, 4) is 0 Å². The topological polar surface area (TPSA) is 73.8 Å². The Morgan fingerprint density at radius 2 is 1.69 bits per heavy atom. The van der Waals surface area contributed by atoms with Crippen molar-refractivity contribution in [2.24, 2.45) is 10.9 Å². The van der Waals surface area contributed by atoms with E-state index in [9.17, 15) is 8.42 Å². The quantitative estimate of drug-likeness (QED) is 0.498. The predicted octanol–water partition coefficient (Wildman–Crippen LogP) is 3.05. The molecule has 0 amide bonds. The first-order valence-corrected chi connectivity index (χ1v) is 12.8. The number of hydrogen-bond donors (Lipinski definition) is 2. The molecule has 1 fully saturated rings. The highest BCUT2D eigenvalue weighted by atomic mass is 32.2. The van der Waals surface area contributed by atoms with Gasteiger partial charge in [0.15, 0.2) is 15.8 Å². The van der Waals surface area contributed by atoms with Gasteiger partial charge in [-0.15, -0.1) is 0 Å². The highest BCUT2D eigenvalue weighted by Gasteiger charge is 2.22. The maximum Gasteiger partial charge on any atom is 0.191 e. The molecule has 1 aromatic carbocycles. The van der Waals surface area contributed by atoms with E-state index in [1.165, 1.54) is 45.0 Å². The second-order valence-corrected chi connectivity index (χ2v) is 10.3. The lowest BCUT2D eigenvalue weighted by molar-refractivity contribution is 0.161. The lowest BCUT2D eigenvalue weighted by atomic mass is 10.0. The Kier molecular flexibility index (Phi) is 9.43. The first kappa shape index (κ1) is 23.7. The van der Waals surface area contributed by atoms with Crippen LogP contribution in [0.15, 0.2) is 34.2 Å². The third-order valence-electron chi connectivity index (χ3n) is 5.47. The van der Waals surface area contributed by atoms with Gasteiger partial charge in [0.1, 0.15) is 0 Å². The maximum absolute atomic E-state index is 11.6. The third-order valence-corrected chi connectivity index (χ3v) is 6.60. The van der Waals surface area contributed by atoms with Crippen LogP contribution in [0.25, 0.3) is 0 Å². The summed E-state index contributed by atoms with van der Waals surface area (Å²) in [7, 11) is -3.16. The summed E-state index contributed by atoms with van der Waals surface area (Å²) in [6.45, 7) is 11.2. The highest BCUT2D eigenvalue weighted by molar-refractivity contribution is 7.90. The molecule has 2 rings (SSSR count). The summed E-state index contributed by atoms with van der Waals surface area (Å²) in [6.07, 6.45) is 6.50. The van der Waals surface area contributed by atoms with E-state index < -0.39 is 9.84 Å². The molecule has 0 spiro atoms. The lowest BCUT2D eigenvalue weighted by Crippen LogP contribution is -2.49. The number of aliphatic imine (C=N–C) groups is 1. The number of benzene rings is 1. The van der Waals surface area contributed by atoms with Crippen LogP contribution in [0.2, 0.25) is 0 Å². The summed E-state index contributed by atoms with van der Waals surface area (Å²) in [5.41, 5.74) is 0.988. The van der Waals surface area contributed by atoms with Crippen molar-refractivity contribution in [3.63, 3.8) is 0 Å². The number of rotatable bonds is 8. The Hall–Kier alpha value is -1.60. The van der Waals surface area contributed by atoms with E-state index in [1.807, 2.05) is 12.1 Å². The standard InChI is InChI=1S/C22H38N4O2S/c1-5-23-22(24-16-19-10-12-20(13-11-19)29(4,27)28)25-17-21(18(2)3)26-14-8-6-7-9-15-26/h10-13,18,21H,5-9,14-17H2,1-4H3,(H2,23,24,25). The molecular formula is C22H38N4O2S. The minimum absolute atomic E-state index is 0.340. The fourth-order valence-electron chi connectivity index (χ4n) is 3.77. The van der Waals surface area contributed by atoms with Crippen LogP contribution in [-0.2, 0) is 16.4 Å². The predicted molar refractivity (Wildman–Crippen MR) is 121 cm³/mol. The Morgan fingerprint density at radius 3 is 2.21 bits per heavy atom. The summed E-state index contributed by atoms with van der Waals surface area (Å²) >= 11 is 0. The van der Waals surface area contributed by atoms with Crippen LogP contribution < -0.4 is 10.6 Å². The maximum atomic E-state index is 11.6. The molecule has 164 valence electrons. The van der Waals surface area contributed by atoms with Gasteiger partial charge in [-0.25, -0.2) is 13.4 Å². The number of sulfone groups is 1. The molecule has 1 heterocycles. The average molecular weight is 423 g/mol. The highest BCUT2D eigenvalue weighted by Crippen LogP contribution is 2.17. The molecule has 1 aliphatic rings. The number of nitrogens with one attached hydrogen (secondary N) is 2. The van der Waals surface area contributed by atoms with E-state index in [2.05, 4.69) is 36.3 Å². The second kappa shape index (κ2) is 11.6. The summed E-state index contributed by atoms with van der Waals surface area (Å²) in [6, 6.07) is 7.45. The molecule has 2 N–H and O–H groups in total. The number of hydrogen-bond acceptors (Lipinski definition) is 4. The minimum atomic E-state index is -3.16. The molecule has 29 heavy (non-hydrogen) atoms. The fourth-order valence-corrected chi connectivity index (χ4v) is 4.40. The van der Waals surface area contributed by atoms with Crippen LogP contribution in [0.3, 0.4) is 0 Å². The van der Waals surface area contributed by atoms with Gasteiger partial charge in [0.25, 0.3) is 0 Å². The Labute approximate surface area is 177 Å². The van der Waals surface area contributed by atoms with E-state index in [0.717, 1.165) is 24.6 Å². The largest absolute Gasteiger partial charge is 0.357 e. The molecule has 1 saturated heterocycles. The third kappa shape index (κ3) is 7.97. The van der Waals surface area contributed by atoms with Gasteiger partial charge in [-0.3, -0.25) is 4.90 Å². The molecular weight excluding hydrogens is 384 g/mol. The van der Waals surface area contributed by atoms with Crippen molar-refractivity contribution in [1.29, 1.82) is 0 Å². The molecule has 1 aromatic rings. The number of guanidine groups is 1. The zero-order valence-electron chi connectivity index (χ0n) is 18.4. The zero-order valence-corrected chi connectivity index (χ0v) is 19.3. The molecule has 0 saturated carbocycles. The van der Waals surface area contributed by atoms with Crippen LogP contribution in [-0.4, -0.2) is 57.8 Å². The zero-order chi connectivity index (χ0) is 21.3. The molecule has 7 heteroatoms. The monoisotopic (exact) mass is 422 g/mol. The minimum Gasteiger partial charge on any atom is -0.357 e. The molecule has 0 bridgehead atoms. The fraction of sp³-hybridized carbons (Fsp3) is 0.682. The van der Waals surface area contributed by atoms with Gasteiger partial charge in [-0.05, 0) is 56.5 Å². The van der Waals surface area contributed by atoms with Crippen molar-refractivity contribution < 1.29 is 8.42 Å². The summed E-state index contributed by atoms with van der Waals surface area (Å²) in [5, 5.41) is 6.85. The molecule has 1 unspecified atom stereocenters. The second-order valence-electron chi connectivity index (χ2n) is 8.25. The van der Waals surface area contributed by atoms with Crippen LogP contribution in [0.4, 0.5) is 0 Å². The SMILES string of the molecule is CCNC(=NCc1ccc(S(C)(=O)=O)cc1)NCC(C(C)C)N1CCCCCC1. The molecule has 6 nitrogen and oxygen atoms in total. The Bertz CT molecular complexity index is 737. The Morgan fingerprint density at radius 1 is 1.07 bits per heavy atom. The van der Waals surface area contributed by atoms with Gasteiger partial charge in [0, 0.05) is 25.4 Å². The molecule has 1 atom stereocenters. The first-order valence-electron chi connectivity index (χ1n) is 10.9. The number of likely N-dealkylation sites (tertiary alicyclic amines) is 1. The Balaban J connectivity index is 2.00. The van der Waals surface area contributed by atoms with Gasteiger partial charge in [-0.2, -0.15) is 0 Å². The smallest absolute Gasteiger partial charge is 0.191 e. The summed E-state index contributed by atoms with van der Waals surface area (Å²) in [4.78, 5) is 7.67. The lowest BCUT2D eigenvalue weighted by Gasteiger charge is -2.34. The van der Waals surface area contributed by atoms with Gasteiger partial charge < -0.3 is 10.6 Å². The van der Waals surface area contributed by atoms with Crippen LogP contribution >= 0.6 is 0 Å². The van der Waals surface area contributed by atoms with E-state index >= 15 is 0 Å². The van der Waals surface area contributed by atoms with Crippen molar-refractivity contribution in [2.45, 2.75) is 63.9 Å². The summed E-state index contributed by atoms with van der Waals surface area (Å²) in [5.74, 6) is 1.38. The van der Waals surface area contributed by atoms with Crippen molar-refractivity contribution >= 4 is 15.8 Å². The normalized spacial score (nSPS) is 17.8. The molecule has 0 aromatic heterocycles. The van der Waals surface area contributed by atoms with Crippen LogP contribution in [0.5, 0.6) is 0 Å². The van der Waals surface area contributed by atoms with Crippen molar-refractivity contribution in [2.75, 3.05) is 32.4 Å². The van der Waals surface area contributed by atoms with E-state index in [4.69, 9.17) is 4.99 Å². The van der Waals surface area contributed by atoms with Gasteiger partial charge in [0.2, 0.25) is 0 Å². The van der Waals surface area contributed by atoms with Gasteiger partial charge in [-0.1, -0.05) is 38.8 Å². The number of nitrogens with zero attached hydrogens (tertiary/aromatic N) is 2. The van der Waals surface area contributed by atoms with Crippen molar-refractivity contribution in [1.82, 2.24) is 15.5 Å². The summed E-state index contributed by atoms with van der Waals surface area (Å²) < 4.78 is 23.2.